The first-order chi connectivity index (χ1) is 10.1. The number of carbonyl (C=O) groups excluding carboxylic acids is 1. The molecule has 120 valence electrons. The van der Waals surface area contributed by atoms with Crippen molar-refractivity contribution >= 4 is 17.7 Å². The average molecular weight is 309 g/mol. The lowest BCUT2D eigenvalue weighted by Crippen LogP contribution is -2.31. The fourth-order valence-corrected chi connectivity index (χ4v) is 1.82. The van der Waals surface area contributed by atoms with Crippen LogP contribution in [0.2, 0.25) is 0 Å². The maximum Gasteiger partial charge on any atom is 0.352 e. The Kier molecular flexibility index (Phi) is 5.79. The van der Waals surface area contributed by atoms with E-state index in [1.807, 2.05) is 0 Å². The maximum atomic E-state index is 12.8. The topological polar surface area (TPSA) is 87.5 Å². The van der Waals surface area contributed by atoms with E-state index in [-0.39, 0.29) is 18.6 Å². The number of benzene rings is 1. The number of carboxylic acids is 1. The van der Waals surface area contributed by atoms with Gasteiger partial charge in [-0.3, -0.25) is 10.2 Å². The van der Waals surface area contributed by atoms with Crippen molar-refractivity contribution in [3.63, 3.8) is 0 Å². The van der Waals surface area contributed by atoms with Crippen LogP contribution in [0.15, 0.2) is 24.3 Å². The summed E-state index contributed by atoms with van der Waals surface area (Å²) in [5.74, 6) is -3.28. The predicted octanol–water partition coefficient (Wildman–Crippen LogP) is 2.82. The molecule has 0 radical (unpaired) electrons. The minimum absolute atomic E-state index is 0.112. The van der Waals surface area contributed by atoms with Gasteiger partial charge < -0.3 is 9.84 Å². The summed E-state index contributed by atoms with van der Waals surface area (Å²) < 4.78 is 17.9. The zero-order valence-electron chi connectivity index (χ0n) is 12.9. The van der Waals surface area contributed by atoms with E-state index in [1.165, 1.54) is 24.3 Å². The largest absolute Gasteiger partial charge is 0.481 e. The van der Waals surface area contributed by atoms with Gasteiger partial charge in [0.15, 0.2) is 0 Å². The van der Waals surface area contributed by atoms with Gasteiger partial charge in [-0.2, -0.15) is 0 Å². The number of esters is 1. The fraction of sp³-hybridized carbons (Fsp3) is 0.438. The van der Waals surface area contributed by atoms with Gasteiger partial charge in [0, 0.05) is 6.42 Å². The predicted molar refractivity (Wildman–Crippen MR) is 79.4 cm³/mol. The summed E-state index contributed by atoms with van der Waals surface area (Å²) in [6, 6.07) is 5.46. The van der Waals surface area contributed by atoms with E-state index < -0.39 is 29.3 Å². The molecule has 0 heterocycles. The van der Waals surface area contributed by atoms with Gasteiger partial charge in [0.05, 0.1) is 5.92 Å². The number of halogens is 1. The van der Waals surface area contributed by atoms with Crippen LogP contribution in [0.3, 0.4) is 0 Å². The van der Waals surface area contributed by atoms with Crippen LogP contribution in [0.5, 0.6) is 0 Å². The lowest BCUT2D eigenvalue weighted by Gasteiger charge is -2.20. The average Bonchev–Trinajstić information content (AvgIpc) is 2.38. The van der Waals surface area contributed by atoms with Crippen molar-refractivity contribution in [1.82, 2.24) is 0 Å². The van der Waals surface area contributed by atoms with Crippen LogP contribution in [0.25, 0.3) is 0 Å². The van der Waals surface area contributed by atoms with E-state index in [0.29, 0.717) is 5.56 Å². The quantitative estimate of drug-likeness (QED) is 0.625. The standard InChI is InChI=1S/C16H20FNO4/c1-16(2,3)22-15(21)13(18)9-11(14(19)20)8-10-4-6-12(17)7-5-10/h4-7,11,18H,8-9H2,1-3H3,(H,19,20). The second kappa shape index (κ2) is 7.15. The number of rotatable bonds is 6. The summed E-state index contributed by atoms with van der Waals surface area (Å²) in [5, 5.41) is 16.9. The molecule has 0 bridgehead atoms. The number of carboxylic acid groups (broad SMARTS) is 1. The van der Waals surface area contributed by atoms with Crippen molar-refractivity contribution in [2.45, 2.75) is 39.2 Å². The summed E-state index contributed by atoms with van der Waals surface area (Å²) >= 11 is 0. The third-order valence-electron chi connectivity index (χ3n) is 2.84. The smallest absolute Gasteiger partial charge is 0.352 e. The molecule has 5 nitrogen and oxygen atoms in total. The fourth-order valence-electron chi connectivity index (χ4n) is 1.82. The first-order valence-corrected chi connectivity index (χ1v) is 6.86. The van der Waals surface area contributed by atoms with Crippen LogP contribution in [-0.4, -0.2) is 28.4 Å². The highest BCUT2D eigenvalue weighted by Crippen LogP contribution is 2.16. The van der Waals surface area contributed by atoms with Crippen molar-refractivity contribution in [2.75, 3.05) is 0 Å². The molecule has 1 aromatic carbocycles. The first-order valence-electron chi connectivity index (χ1n) is 6.86. The van der Waals surface area contributed by atoms with Gasteiger partial charge in [0.25, 0.3) is 0 Å². The lowest BCUT2D eigenvalue weighted by atomic mass is 9.94. The van der Waals surface area contributed by atoms with E-state index in [9.17, 15) is 19.1 Å². The molecule has 0 aliphatic heterocycles. The van der Waals surface area contributed by atoms with Gasteiger partial charge in [-0.1, -0.05) is 12.1 Å². The molecule has 1 rings (SSSR count). The van der Waals surface area contributed by atoms with Gasteiger partial charge in [-0.25, -0.2) is 9.18 Å². The number of hydrogen-bond acceptors (Lipinski definition) is 4. The second-order valence-corrected chi connectivity index (χ2v) is 6.05. The highest BCUT2D eigenvalue weighted by atomic mass is 19.1. The van der Waals surface area contributed by atoms with Crippen LogP contribution in [0, 0.1) is 17.1 Å². The Morgan fingerprint density at radius 2 is 1.82 bits per heavy atom. The minimum Gasteiger partial charge on any atom is -0.481 e. The van der Waals surface area contributed by atoms with E-state index in [2.05, 4.69) is 0 Å². The van der Waals surface area contributed by atoms with Gasteiger partial charge >= 0.3 is 11.9 Å². The van der Waals surface area contributed by atoms with Gasteiger partial charge in [0.1, 0.15) is 17.1 Å². The molecule has 0 aromatic heterocycles. The molecule has 0 aliphatic carbocycles. The Bertz CT molecular complexity index is 561. The third-order valence-corrected chi connectivity index (χ3v) is 2.84. The third kappa shape index (κ3) is 6.03. The lowest BCUT2D eigenvalue weighted by molar-refractivity contribution is -0.146. The van der Waals surface area contributed by atoms with Crippen LogP contribution in [-0.2, 0) is 20.7 Å². The molecule has 2 N–H and O–H groups in total. The van der Waals surface area contributed by atoms with Crippen LogP contribution in [0.1, 0.15) is 32.8 Å². The van der Waals surface area contributed by atoms with Crippen molar-refractivity contribution in [3.8, 4) is 0 Å². The van der Waals surface area contributed by atoms with Crippen molar-refractivity contribution < 1.29 is 23.8 Å². The number of nitrogens with one attached hydrogen (secondary N) is 1. The zero-order valence-corrected chi connectivity index (χ0v) is 12.9. The molecule has 6 heteroatoms. The minimum atomic E-state index is -1.11. The maximum absolute atomic E-state index is 12.8. The molecule has 22 heavy (non-hydrogen) atoms. The zero-order chi connectivity index (χ0) is 16.9. The van der Waals surface area contributed by atoms with Crippen molar-refractivity contribution in [2.24, 2.45) is 5.92 Å². The van der Waals surface area contributed by atoms with Crippen molar-refractivity contribution in [3.05, 3.63) is 35.6 Å². The number of ether oxygens (including phenoxy) is 1. The Labute approximate surface area is 128 Å². The van der Waals surface area contributed by atoms with E-state index >= 15 is 0 Å². The SMILES string of the molecule is CC(C)(C)OC(=O)C(=N)CC(Cc1ccc(F)cc1)C(=O)O. The molecular formula is C16H20FNO4. The Morgan fingerprint density at radius 1 is 1.27 bits per heavy atom. The van der Waals surface area contributed by atoms with Crippen LogP contribution in [0.4, 0.5) is 4.39 Å². The molecular weight excluding hydrogens is 289 g/mol. The Morgan fingerprint density at radius 3 is 2.27 bits per heavy atom. The molecule has 0 amide bonds. The summed E-state index contributed by atoms with van der Waals surface area (Å²) in [7, 11) is 0. The Balaban J connectivity index is 2.72. The van der Waals surface area contributed by atoms with Gasteiger partial charge in [-0.05, 0) is 44.9 Å². The van der Waals surface area contributed by atoms with E-state index in [0.717, 1.165) is 0 Å². The van der Waals surface area contributed by atoms with Crippen molar-refractivity contribution in [1.29, 1.82) is 5.41 Å². The summed E-state index contributed by atoms with van der Waals surface area (Å²) in [5.41, 5.74) is -0.491. The summed E-state index contributed by atoms with van der Waals surface area (Å²) in [6.07, 6.45) is -0.123. The van der Waals surface area contributed by atoms with Crippen LogP contribution >= 0.6 is 0 Å². The monoisotopic (exact) mass is 309 g/mol. The molecule has 0 saturated heterocycles. The molecule has 0 saturated carbocycles. The summed E-state index contributed by atoms with van der Waals surface area (Å²) in [6.45, 7) is 5.02. The first kappa shape index (κ1) is 17.8. The van der Waals surface area contributed by atoms with Crippen LogP contribution < -0.4 is 0 Å². The molecule has 0 spiro atoms. The van der Waals surface area contributed by atoms with Gasteiger partial charge in [-0.15, -0.1) is 0 Å². The molecule has 0 aliphatic rings. The number of carbonyl (C=O) groups is 2. The molecule has 0 fully saturated rings. The molecule has 1 unspecified atom stereocenters. The second-order valence-electron chi connectivity index (χ2n) is 6.05. The Hall–Kier alpha value is -2.24. The number of hydrogen-bond donors (Lipinski definition) is 2. The highest BCUT2D eigenvalue weighted by Gasteiger charge is 2.26. The number of aliphatic carboxylic acids is 1. The van der Waals surface area contributed by atoms with Gasteiger partial charge in [0.2, 0.25) is 0 Å². The highest BCUT2D eigenvalue weighted by molar-refractivity contribution is 6.35. The normalized spacial score (nSPS) is 12.5. The molecule has 1 aromatic rings. The van der Waals surface area contributed by atoms with E-state index in [4.69, 9.17) is 10.1 Å². The van der Waals surface area contributed by atoms with E-state index in [1.54, 1.807) is 20.8 Å². The molecule has 1 atom stereocenters. The summed E-state index contributed by atoms with van der Waals surface area (Å²) in [4.78, 5) is 23.0.